The summed E-state index contributed by atoms with van der Waals surface area (Å²) in [6.07, 6.45) is -5.80. The van der Waals surface area contributed by atoms with Gasteiger partial charge in [0.15, 0.2) is 0 Å². The summed E-state index contributed by atoms with van der Waals surface area (Å²) in [5, 5.41) is 29.1. The zero-order valence-corrected chi connectivity index (χ0v) is 15.2. The molecule has 0 spiro atoms. The van der Waals surface area contributed by atoms with Crippen LogP contribution < -0.4 is 5.48 Å². The smallest absolute Gasteiger partial charge is 0.416 e. The second kappa shape index (κ2) is 8.45. The lowest BCUT2D eigenvalue weighted by Gasteiger charge is -2.30. The molecule has 0 aliphatic heterocycles. The predicted octanol–water partition coefficient (Wildman–Crippen LogP) is 2.39. The quantitative estimate of drug-likeness (QED) is 0.326. The molecule has 1 aromatic rings. The van der Waals surface area contributed by atoms with E-state index in [0.717, 1.165) is 23.4 Å². The van der Waals surface area contributed by atoms with Crippen LogP contribution in [0.1, 0.15) is 36.5 Å². The highest BCUT2D eigenvalue weighted by molar-refractivity contribution is 5.66. The number of nitrogens with one attached hydrogen (secondary N) is 1. The molecule has 6 nitrogen and oxygen atoms in total. The first kappa shape index (κ1) is 21.2. The summed E-state index contributed by atoms with van der Waals surface area (Å²) in [7, 11) is 0. The summed E-state index contributed by atoms with van der Waals surface area (Å²) in [5.74, 6) is 3.80. The van der Waals surface area contributed by atoms with Crippen molar-refractivity contribution in [3.05, 3.63) is 46.7 Å². The maximum Gasteiger partial charge on any atom is 0.416 e. The summed E-state index contributed by atoms with van der Waals surface area (Å²) in [5.41, 5.74) is 3.59. The van der Waals surface area contributed by atoms with Gasteiger partial charge in [-0.05, 0) is 36.1 Å². The molecule has 0 radical (unpaired) electrons. The molecule has 2 aliphatic carbocycles. The Hall–Kier alpha value is -2.54. The van der Waals surface area contributed by atoms with Crippen molar-refractivity contribution in [3.8, 4) is 11.8 Å². The van der Waals surface area contributed by atoms with E-state index in [0.29, 0.717) is 12.8 Å². The highest BCUT2D eigenvalue weighted by atomic mass is 19.4. The Morgan fingerprint density at radius 2 is 2.10 bits per heavy atom. The van der Waals surface area contributed by atoms with Crippen LogP contribution in [0, 0.1) is 23.7 Å². The number of allylic oxidation sites excluding steroid dienone is 1. The molecule has 0 bridgehead atoms. The van der Waals surface area contributed by atoms with Gasteiger partial charge in [-0.3, -0.25) is 15.1 Å². The molecule has 0 heterocycles. The number of hydroxylamine groups is 1. The van der Waals surface area contributed by atoms with Crippen LogP contribution in [0.15, 0.2) is 35.5 Å². The lowest BCUT2D eigenvalue weighted by molar-refractivity contribution is -0.139. The molecule has 29 heavy (non-hydrogen) atoms. The second-order valence-electron chi connectivity index (χ2n) is 7.02. The van der Waals surface area contributed by atoms with Crippen LogP contribution >= 0.6 is 0 Å². The van der Waals surface area contributed by atoms with Crippen LogP contribution in [0.2, 0.25) is 0 Å². The van der Waals surface area contributed by atoms with Gasteiger partial charge in [-0.2, -0.15) is 13.2 Å². The molecule has 156 valence electrons. The lowest BCUT2D eigenvalue weighted by atomic mass is 9.83. The number of carbonyl (C=O) groups is 1. The minimum atomic E-state index is -4.51. The minimum Gasteiger partial charge on any atom is -0.481 e. The minimum absolute atomic E-state index is 0.00570. The fourth-order valence-electron chi connectivity index (χ4n) is 3.48. The summed E-state index contributed by atoms with van der Waals surface area (Å²) in [6.45, 7) is 0.00570. The van der Waals surface area contributed by atoms with Crippen molar-refractivity contribution in [2.45, 2.75) is 37.6 Å². The average Bonchev–Trinajstić information content (AvgIpc) is 2.89. The van der Waals surface area contributed by atoms with Crippen LogP contribution in [0.5, 0.6) is 0 Å². The van der Waals surface area contributed by atoms with E-state index < -0.39 is 35.8 Å². The Bertz CT molecular complexity index is 871. The van der Waals surface area contributed by atoms with Gasteiger partial charge < -0.3 is 15.3 Å². The van der Waals surface area contributed by atoms with Gasteiger partial charge in [0.1, 0.15) is 6.10 Å². The van der Waals surface area contributed by atoms with Crippen LogP contribution in [-0.4, -0.2) is 34.0 Å². The number of alkyl halides is 3. The first-order chi connectivity index (χ1) is 13.7. The molecule has 0 aromatic heterocycles. The number of carboxylic acids is 1. The Balaban J connectivity index is 1.61. The van der Waals surface area contributed by atoms with E-state index in [1.807, 2.05) is 0 Å². The van der Waals surface area contributed by atoms with Crippen molar-refractivity contribution < 1.29 is 38.1 Å². The van der Waals surface area contributed by atoms with Crippen molar-refractivity contribution in [1.82, 2.24) is 5.48 Å². The van der Waals surface area contributed by atoms with E-state index in [9.17, 15) is 28.2 Å². The molecule has 4 atom stereocenters. The zero-order chi connectivity index (χ0) is 21.2. The average molecular weight is 411 g/mol. The van der Waals surface area contributed by atoms with Gasteiger partial charge in [-0.1, -0.05) is 24.0 Å². The number of rotatable bonds is 6. The number of carboxylic acid groups (broad SMARTS) is 1. The third kappa shape index (κ3) is 4.90. The molecule has 1 aromatic carbocycles. The first-order valence-electron chi connectivity index (χ1n) is 9.02. The number of hydrogen-bond donors (Lipinski definition) is 4. The molecule has 2 aliphatic rings. The largest absolute Gasteiger partial charge is 0.481 e. The van der Waals surface area contributed by atoms with E-state index in [-0.39, 0.29) is 24.5 Å². The molecule has 0 saturated heterocycles. The molecule has 0 amide bonds. The third-order valence-electron chi connectivity index (χ3n) is 5.07. The summed E-state index contributed by atoms with van der Waals surface area (Å²) >= 11 is 0. The SMILES string of the molecule is O=C(O)CCONC1=C2CC(C#CC(O)c3cccc(C(F)(F)F)c3)C(O)C2C1. The standard InChI is InChI=1S/C20H20F3NO5/c21-20(22,23)13-3-1-2-11(8-13)17(25)5-4-12-9-14-15(19(12)28)10-16(14)24-29-7-6-18(26)27/h1-3,8,12,15,17,19,24-25,28H,6-7,9-10H2,(H,26,27). The lowest BCUT2D eigenvalue weighted by Crippen LogP contribution is -2.32. The Morgan fingerprint density at radius 1 is 1.34 bits per heavy atom. The van der Waals surface area contributed by atoms with Crippen molar-refractivity contribution >= 4 is 5.97 Å². The maximum atomic E-state index is 12.8. The maximum absolute atomic E-state index is 12.8. The fraction of sp³-hybridized carbons (Fsp3) is 0.450. The van der Waals surface area contributed by atoms with Crippen LogP contribution in [-0.2, 0) is 15.8 Å². The van der Waals surface area contributed by atoms with Gasteiger partial charge >= 0.3 is 12.1 Å². The number of aliphatic carboxylic acids is 1. The Morgan fingerprint density at radius 3 is 2.79 bits per heavy atom. The number of benzene rings is 1. The number of aliphatic hydroxyl groups excluding tert-OH is 2. The van der Waals surface area contributed by atoms with E-state index in [1.54, 1.807) is 0 Å². The molecule has 4 unspecified atom stereocenters. The summed E-state index contributed by atoms with van der Waals surface area (Å²) < 4.78 is 38.4. The van der Waals surface area contributed by atoms with E-state index >= 15 is 0 Å². The monoisotopic (exact) mass is 411 g/mol. The normalized spacial score (nSPS) is 24.2. The van der Waals surface area contributed by atoms with Gasteiger partial charge in [0, 0.05) is 11.6 Å². The fourth-order valence-corrected chi connectivity index (χ4v) is 3.48. The molecule has 1 saturated carbocycles. The van der Waals surface area contributed by atoms with Gasteiger partial charge in [-0.15, -0.1) is 0 Å². The predicted molar refractivity (Wildman–Crippen MR) is 94.8 cm³/mol. The van der Waals surface area contributed by atoms with E-state index in [4.69, 9.17) is 9.94 Å². The van der Waals surface area contributed by atoms with Gasteiger partial charge in [-0.25, -0.2) is 0 Å². The molecule has 1 fully saturated rings. The van der Waals surface area contributed by atoms with Crippen LogP contribution in [0.4, 0.5) is 13.2 Å². The third-order valence-corrected chi connectivity index (χ3v) is 5.07. The van der Waals surface area contributed by atoms with E-state index in [1.165, 1.54) is 12.1 Å². The van der Waals surface area contributed by atoms with Gasteiger partial charge in [0.25, 0.3) is 0 Å². The number of halogens is 3. The Kier molecular flexibility index (Phi) is 6.17. The summed E-state index contributed by atoms with van der Waals surface area (Å²) in [4.78, 5) is 15.5. The molecule has 4 N–H and O–H groups in total. The van der Waals surface area contributed by atoms with Crippen molar-refractivity contribution in [3.63, 3.8) is 0 Å². The first-order valence-corrected chi connectivity index (χ1v) is 9.02. The number of hydrogen-bond acceptors (Lipinski definition) is 5. The summed E-state index contributed by atoms with van der Waals surface area (Å²) in [6, 6.07) is 4.35. The highest BCUT2D eigenvalue weighted by Gasteiger charge is 2.45. The molecular weight excluding hydrogens is 391 g/mol. The number of fused-ring (bicyclic) bond motifs is 1. The zero-order valence-electron chi connectivity index (χ0n) is 15.2. The van der Waals surface area contributed by atoms with Crippen molar-refractivity contribution in [2.75, 3.05) is 6.61 Å². The molecule has 3 rings (SSSR count). The van der Waals surface area contributed by atoms with E-state index in [2.05, 4.69) is 17.3 Å². The molecular formula is C20H20F3NO5. The molecule has 9 heteroatoms. The Labute approximate surface area is 164 Å². The van der Waals surface area contributed by atoms with Crippen LogP contribution in [0.3, 0.4) is 0 Å². The number of aliphatic hydroxyl groups is 2. The van der Waals surface area contributed by atoms with Gasteiger partial charge in [0.05, 0.1) is 30.6 Å². The van der Waals surface area contributed by atoms with Gasteiger partial charge in [0.2, 0.25) is 0 Å². The van der Waals surface area contributed by atoms with Crippen molar-refractivity contribution in [1.29, 1.82) is 0 Å². The second-order valence-corrected chi connectivity index (χ2v) is 7.02. The topological polar surface area (TPSA) is 99.0 Å². The highest BCUT2D eigenvalue weighted by Crippen LogP contribution is 2.48. The van der Waals surface area contributed by atoms with Crippen LogP contribution in [0.25, 0.3) is 0 Å². The van der Waals surface area contributed by atoms with Crippen molar-refractivity contribution in [2.24, 2.45) is 11.8 Å².